The Morgan fingerprint density at radius 2 is 2.00 bits per heavy atom. The van der Waals surface area contributed by atoms with Crippen molar-refractivity contribution in [3.05, 3.63) is 36.4 Å². The molecule has 4 heteroatoms. The fourth-order valence-electron chi connectivity index (χ4n) is 1.72. The fourth-order valence-corrected chi connectivity index (χ4v) is 1.72. The predicted molar refractivity (Wildman–Crippen MR) is 65.2 cm³/mol. The number of benzene rings is 2. The first-order valence-corrected chi connectivity index (χ1v) is 5.08. The molecule has 1 N–H and O–H groups in total. The monoisotopic (exact) mass is 229 g/mol. The van der Waals surface area contributed by atoms with Crippen molar-refractivity contribution in [1.82, 2.24) is 0 Å². The van der Waals surface area contributed by atoms with E-state index in [4.69, 9.17) is 4.74 Å². The van der Waals surface area contributed by atoms with Crippen LogP contribution in [0.1, 0.15) is 0 Å². The highest BCUT2D eigenvalue weighted by molar-refractivity contribution is 6.30. The van der Waals surface area contributed by atoms with Crippen LogP contribution in [0.4, 0.5) is 5.69 Å². The second-order valence-corrected chi connectivity index (χ2v) is 3.47. The lowest BCUT2D eigenvalue weighted by Gasteiger charge is -2.11. The molecule has 0 saturated heterocycles. The number of carbonyl (C=O) groups is 2. The summed E-state index contributed by atoms with van der Waals surface area (Å²) in [6, 6.07) is 11.2. The molecule has 0 unspecified atom stereocenters. The highest BCUT2D eigenvalue weighted by atomic mass is 16.5. The maximum Gasteiger partial charge on any atom is 0.288 e. The van der Waals surface area contributed by atoms with Crippen molar-refractivity contribution < 1.29 is 14.3 Å². The minimum Gasteiger partial charge on any atom is -0.494 e. The molecule has 0 radical (unpaired) electrons. The standard InChI is InChI=1S/C13H11NO3/c1-17-13-10-5-3-2-4-9(10)6-7-11(13)14-12(16)8-15/h2-8H,1H3,(H,14,16). The second-order valence-electron chi connectivity index (χ2n) is 3.47. The van der Waals surface area contributed by atoms with E-state index in [0.717, 1.165) is 10.8 Å². The van der Waals surface area contributed by atoms with E-state index in [-0.39, 0.29) is 6.29 Å². The van der Waals surface area contributed by atoms with Gasteiger partial charge in [0.15, 0.2) is 0 Å². The molecule has 4 nitrogen and oxygen atoms in total. The average Bonchev–Trinajstić information content (AvgIpc) is 2.38. The first-order valence-electron chi connectivity index (χ1n) is 5.08. The SMILES string of the molecule is COc1c(NC(=O)C=O)ccc2ccccc12. The molecule has 1 amide bonds. The molecule has 0 aromatic heterocycles. The van der Waals surface area contributed by atoms with Crippen molar-refractivity contribution in [2.24, 2.45) is 0 Å². The molecular formula is C13H11NO3. The summed E-state index contributed by atoms with van der Waals surface area (Å²) < 4.78 is 5.27. The Kier molecular flexibility index (Phi) is 3.05. The summed E-state index contributed by atoms with van der Waals surface area (Å²) in [4.78, 5) is 21.4. The van der Waals surface area contributed by atoms with Gasteiger partial charge in [-0.25, -0.2) is 0 Å². The number of hydrogen-bond donors (Lipinski definition) is 1. The highest BCUT2D eigenvalue weighted by Gasteiger charge is 2.09. The zero-order valence-electron chi connectivity index (χ0n) is 9.27. The number of carbonyl (C=O) groups excluding carboxylic acids is 2. The van der Waals surface area contributed by atoms with Gasteiger partial charge in [-0.15, -0.1) is 0 Å². The highest BCUT2D eigenvalue weighted by Crippen LogP contribution is 2.33. The zero-order valence-corrected chi connectivity index (χ0v) is 9.27. The van der Waals surface area contributed by atoms with E-state index in [1.165, 1.54) is 7.11 Å². The smallest absolute Gasteiger partial charge is 0.288 e. The van der Waals surface area contributed by atoms with Crippen LogP contribution in [0.5, 0.6) is 5.75 Å². The van der Waals surface area contributed by atoms with E-state index in [2.05, 4.69) is 5.32 Å². The van der Waals surface area contributed by atoms with Crippen LogP contribution in [0.2, 0.25) is 0 Å². The van der Waals surface area contributed by atoms with Gasteiger partial charge >= 0.3 is 0 Å². The van der Waals surface area contributed by atoms with Gasteiger partial charge < -0.3 is 10.1 Å². The first kappa shape index (κ1) is 11.1. The number of amides is 1. The van der Waals surface area contributed by atoms with E-state index in [9.17, 15) is 9.59 Å². The fraction of sp³-hybridized carbons (Fsp3) is 0.0769. The zero-order chi connectivity index (χ0) is 12.3. The van der Waals surface area contributed by atoms with Gasteiger partial charge in [-0.05, 0) is 11.5 Å². The van der Waals surface area contributed by atoms with Crippen molar-refractivity contribution >= 4 is 28.7 Å². The topological polar surface area (TPSA) is 55.4 Å². The molecule has 2 aromatic rings. The summed E-state index contributed by atoms with van der Waals surface area (Å²) in [5.41, 5.74) is 0.489. The van der Waals surface area contributed by atoms with Gasteiger partial charge in [-0.3, -0.25) is 9.59 Å². The third-order valence-corrected chi connectivity index (χ3v) is 2.45. The van der Waals surface area contributed by atoms with Crippen molar-refractivity contribution in [2.45, 2.75) is 0 Å². The number of hydrogen-bond acceptors (Lipinski definition) is 3. The quantitative estimate of drug-likeness (QED) is 0.646. The third kappa shape index (κ3) is 2.10. The lowest BCUT2D eigenvalue weighted by atomic mass is 10.1. The Morgan fingerprint density at radius 1 is 1.24 bits per heavy atom. The molecule has 0 saturated carbocycles. The largest absolute Gasteiger partial charge is 0.494 e. The van der Waals surface area contributed by atoms with Crippen molar-refractivity contribution in [2.75, 3.05) is 12.4 Å². The number of nitrogens with one attached hydrogen (secondary N) is 1. The molecule has 0 aliphatic heterocycles. The molecular weight excluding hydrogens is 218 g/mol. The molecule has 0 heterocycles. The number of aldehydes is 1. The van der Waals surface area contributed by atoms with Crippen molar-refractivity contribution in [3.63, 3.8) is 0 Å². The van der Waals surface area contributed by atoms with E-state index in [1.54, 1.807) is 6.07 Å². The van der Waals surface area contributed by atoms with E-state index in [0.29, 0.717) is 11.4 Å². The van der Waals surface area contributed by atoms with Crippen LogP contribution in [-0.4, -0.2) is 19.3 Å². The molecule has 0 aliphatic carbocycles. The molecule has 0 spiro atoms. The van der Waals surface area contributed by atoms with Crippen LogP contribution in [0.25, 0.3) is 10.8 Å². The Hall–Kier alpha value is -2.36. The van der Waals surface area contributed by atoms with Gasteiger partial charge in [0.05, 0.1) is 12.8 Å². The average molecular weight is 229 g/mol. The summed E-state index contributed by atoms with van der Waals surface area (Å²) in [6.07, 6.45) is 0.231. The van der Waals surface area contributed by atoms with E-state index < -0.39 is 5.91 Å². The van der Waals surface area contributed by atoms with Crippen LogP contribution >= 0.6 is 0 Å². The molecule has 0 atom stereocenters. The van der Waals surface area contributed by atoms with Gasteiger partial charge in [0.25, 0.3) is 5.91 Å². The Morgan fingerprint density at radius 3 is 2.71 bits per heavy atom. The molecule has 2 rings (SSSR count). The molecule has 86 valence electrons. The molecule has 0 fully saturated rings. The lowest BCUT2D eigenvalue weighted by molar-refractivity contribution is -0.127. The predicted octanol–water partition coefficient (Wildman–Crippen LogP) is 1.99. The molecule has 17 heavy (non-hydrogen) atoms. The van der Waals surface area contributed by atoms with Crippen molar-refractivity contribution in [1.29, 1.82) is 0 Å². The maximum atomic E-state index is 11.1. The summed E-state index contributed by atoms with van der Waals surface area (Å²) in [6.45, 7) is 0. The maximum absolute atomic E-state index is 11.1. The summed E-state index contributed by atoms with van der Waals surface area (Å²) >= 11 is 0. The number of fused-ring (bicyclic) bond motifs is 1. The summed E-state index contributed by atoms with van der Waals surface area (Å²) in [7, 11) is 1.53. The van der Waals surface area contributed by atoms with Crippen LogP contribution in [-0.2, 0) is 9.59 Å². The van der Waals surface area contributed by atoms with Crippen LogP contribution in [0.15, 0.2) is 36.4 Å². The summed E-state index contributed by atoms with van der Waals surface area (Å²) in [5, 5.41) is 4.37. The van der Waals surface area contributed by atoms with Crippen LogP contribution < -0.4 is 10.1 Å². The number of anilines is 1. The summed E-state index contributed by atoms with van der Waals surface area (Å²) in [5.74, 6) is -0.142. The molecule has 0 aliphatic rings. The van der Waals surface area contributed by atoms with E-state index in [1.807, 2.05) is 30.3 Å². The lowest BCUT2D eigenvalue weighted by Crippen LogP contribution is -2.12. The van der Waals surface area contributed by atoms with Gasteiger partial charge in [-0.1, -0.05) is 30.3 Å². The Balaban J connectivity index is 2.56. The van der Waals surface area contributed by atoms with Crippen molar-refractivity contribution in [3.8, 4) is 5.75 Å². The van der Waals surface area contributed by atoms with Gasteiger partial charge in [0, 0.05) is 5.39 Å². The minimum absolute atomic E-state index is 0.231. The molecule has 0 bridgehead atoms. The Bertz CT molecular complexity index is 578. The number of methoxy groups -OCH3 is 1. The first-order chi connectivity index (χ1) is 8.26. The second kappa shape index (κ2) is 4.65. The minimum atomic E-state index is -0.696. The van der Waals surface area contributed by atoms with Gasteiger partial charge in [0.1, 0.15) is 5.75 Å². The van der Waals surface area contributed by atoms with Gasteiger partial charge in [0.2, 0.25) is 6.29 Å². The normalized spacial score (nSPS) is 9.94. The van der Waals surface area contributed by atoms with E-state index >= 15 is 0 Å². The molecule has 2 aromatic carbocycles. The van der Waals surface area contributed by atoms with Gasteiger partial charge in [-0.2, -0.15) is 0 Å². The third-order valence-electron chi connectivity index (χ3n) is 2.45. The number of rotatable bonds is 3. The number of ether oxygens (including phenoxy) is 1. The van der Waals surface area contributed by atoms with Crippen LogP contribution in [0, 0.1) is 0 Å². The Labute approximate surface area is 98.2 Å². The van der Waals surface area contributed by atoms with Crippen LogP contribution in [0.3, 0.4) is 0 Å².